The Morgan fingerprint density at radius 2 is 1.97 bits per heavy atom. The summed E-state index contributed by atoms with van der Waals surface area (Å²) in [6, 6.07) is 9.24. The van der Waals surface area contributed by atoms with Crippen LogP contribution in [0, 0.1) is 0 Å². The van der Waals surface area contributed by atoms with Gasteiger partial charge in [0.15, 0.2) is 5.65 Å². The Balaban J connectivity index is 1.36. The Hall–Kier alpha value is -3.72. The number of methoxy groups -OCH3 is 1. The van der Waals surface area contributed by atoms with E-state index in [-0.39, 0.29) is 11.8 Å². The number of nitrogens with one attached hydrogen (secondary N) is 2. The smallest absolute Gasteiger partial charge is 0.229 e. The molecule has 1 atom stereocenters. The zero-order chi connectivity index (χ0) is 23.9. The second-order valence-corrected chi connectivity index (χ2v) is 9.30. The fourth-order valence-corrected chi connectivity index (χ4v) is 5.49. The number of fused-ring (bicyclic) bond motifs is 3. The lowest BCUT2D eigenvalue weighted by Gasteiger charge is -2.34. The van der Waals surface area contributed by atoms with Gasteiger partial charge in [0.2, 0.25) is 11.8 Å². The number of benzene rings is 1. The average molecular weight is 472 g/mol. The summed E-state index contributed by atoms with van der Waals surface area (Å²) in [6.45, 7) is 4.97. The molecule has 3 aromatic heterocycles. The molecule has 1 saturated heterocycles. The van der Waals surface area contributed by atoms with Crippen molar-refractivity contribution in [3.8, 4) is 22.9 Å². The summed E-state index contributed by atoms with van der Waals surface area (Å²) in [5.41, 5.74) is 5.48. The molecule has 0 spiro atoms. The highest BCUT2D eigenvalue weighted by Gasteiger charge is 2.31. The van der Waals surface area contributed by atoms with E-state index in [1.807, 2.05) is 24.4 Å². The van der Waals surface area contributed by atoms with Crippen molar-refractivity contribution in [2.24, 2.45) is 0 Å². The summed E-state index contributed by atoms with van der Waals surface area (Å²) < 4.78 is 5.72. The summed E-state index contributed by atoms with van der Waals surface area (Å²) in [6.07, 6.45) is 4.91. The summed E-state index contributed by atoms with van der Waals surface area (Å²) in [5, 5.41) is 23.5. The SMILES string of the molecule is COc1nc(N2CCc3[nH]c4nnc(-c5ccccc5O)cc4c3C2C)ncc1C1CCNCC1. The molecular weight excluding hydrogens is 442 g/mol. The minimum Gasteiger partial charge on any atom is -0.507 e. The van der Waals surface area contributed by atoms with E-state index < -0.39 is 0 Å². The van der Waals surface area contributed by atoms with Crippen LogP contribution in [0.5, 0.6) is 11.6 Å². The Labute approximate surface area is 203 Å². The first-order valence-corrected chi connectivity index (χ1v) is 12.2. The van der Waals surface area contributed by atoms with Crippen LogP contribution in [0.3, 0.4) is 0 Å². The number of phenolic OH excluding ortho intramolecular Hbond substituents is 1. The fraction of sp³-hybridized carbons (Fsp3) is 0.385. The predicted molar refractivity (Wildman–Crippen MR) is 134 cm³/mol. The van der Waals surface area contributed by atoms with E-state index >= 15 is 0 Å². The van der Waals surface area contributed by atoms with Gasteiger partial charge >= 0.3 is 0 Å². The number of nitrogens with zero attached hydrogens (tertiary/aromatic N) is 5. The lowest BCUT2D eigenvalue weighted by molar-refractivity contribution is 0.374. The van der Waals surface area contributed by atoms with Crippen molar-refractivity contribution in [1.29, 1.82) is 0 Å². The molecule has 1 unspecified atom stereocenters. The quantitative estimate of drug-likeness (QED) is 0.413. The molecule has 9 heteroatoms. The van der Waals surface area contributed by atoms with Crippen molar-refractivity contribution >= 4 is 17.0 Å². The monoisotopic (exact) mass is 471 g/mol. The van der Waals surface area contributed by atoms with Crippen LogP contribution < -0.4 is 15.0 Å². The number of piperidine rings is 1. The lowest BCUT2D eigenvalue weighted by atomic mass is 9.92. The molecule has 0 amide bonds. The van der Waals surface area contributed by atoms with Crippen molar-refractivity contribution in [3.63, 3.8) is 0 Å². The van der Waals surface area contributed by atoms with Gasteiger partial charge in [0.25, 0.3) is 0 Å². The van der Waals surface area contributed by atoms with Crippen molar-refractivity contribution in [2.75, 3.05) is 31.6 Å². The molecule has 1 aromatic carbocycles. The zero-order valence-electron chi connectivity index (χ0n) is 20.0. The number of aromatic amines is 1. The first-order valence-electron chi connectivity index (χ1n) is 12.2. The van der Waals surface area contributed by atoms with E-state index in [0.717, 1.165) is 61.2 Å². The molecule has 2 aliphatic rings. The van der Waals surface area contributed by atoms with E-state index in [9.17, 15) is 5.11 Å². The summed E-state index contributed by atoms with van der Waals surface area (Å²) in [5.74, 6) is 1.96. The van der Waals surface area contributed by atoms with Gasteiger partial charge in [0.1, 0.15) is 5.75 Å². The molecule has 9 nitrogen and oxygen atoms in total. The average Bonchev–Trinajstić information content (AvgIpc) is 3.28. The normalized spacial score (nSPS) is 18.6. The molecule has 2 aliphatic heterocycles. The van der Waals surface area contributed by atoms with Crippen LogP contribution in [0.15, 0.2) is 36.5 Å². The minimum atomic E-state index is 0.0309. The van der Waals surface area contributed by atoms with Gasteiger partial charge in [-0.15, -0.1) is 10.2 Å². The Morgan fingerprint density at radius 3 is 2.77 bits per heavy atom. The van der Waals surface area contributed by atoms with Gasteiger partial charge in [-0.25, -0.2) is 4.98 Å². The van der Waals surface area contributed by atoms with E-state index in [2.05, 4.69) is 32.3 Å². The van der Waals surface area contributed by atoms with E-state index in [0.29, 0.717) is 29.0 Å². The third-order valence-corrected chi connectivity index (χ3v) is 7.34. The molecule has 180 valence electrons. The predicted octanol–water partition coefficient (Wildman–Crippen LogP) is 3.72. The van der Waals surface area contributed by atoms with E-state index in [4.69, 9.17) is 14.7 Å². The standard InChI is InChI=1S/C26H29N7O2/c1-15-23-18-13-21(17-5-3-4-6-22(17)34)31-32-24(18)29-20(23)9-12-33(15)26-28-14-19(25(30-26)35-2)16-7-10-27-11-8-16/h3-6,13-16,27,34H,7-12H2,1-2H3,(H,29,32). The molecule has 0 aliphatic carbocycles. The van der Waals surface area contributed by atoms with E-state index in [1.165, 1.54) is 5.56 Å². The number of anilines is 1. The number of para-hydroxylation sites is 1. The summed E-state index contributed by atoms with van der Waals surface area (Å²) in [7, 11) is 1.69. The van der Waals surface area contributed by atoms with Gasteiger partial charge < -0.3 is 25.0 Å². The van der Waals surface area contributed by atoms with Crippen LogP contribution in [0.2, 0.25) is 0 Å². The molecule has 1 fully saturated rings. The maximum absolute atomic E-state index is 10.3. The molecule has 0 bridgehead atoms. The topological polar surface area (TPSA) is 112 Å². The number of phenols is 1. The third kappa shape index (κ3) is 3.76. The Bertz CT molecular complexity index is 1380. The minimum absolute atomic E-state index is 0.0309. The highest BCUT2D eigenvalue weighted by Crippen LogP contribution is 2.39. The maximum atomic E-state index is 10.3. The first kappa shape index (κ1) is 21.8. The second-order valence-electron chi connectivity index (χ2n) is 9.30. The van der Waals surface area contributed by atoms with Crippen LogP contribution >= 0.6 is 0 Å². The van der Waals surface area contributed by atoms with Crippen LogP contribution in [0.25, 0.3) is 22.3 Å². The number of hydrogen-bond acceptors (Lipinski definition) is 8. The second kappa shape index (κ2) is 8.81. The number of rotatable bonds is 4. The third-order valence-electron chi connectivity index (χ3n) is 7.34. The van der Waals surface area contributed by atoms with Crippen molar-refractivity contribution in [3.05, 3.63) is 53.3 Å². The number of H-pyrrole nitrogens is 1. The number of ether oxygens (including phenoxy) is 1. The van der Waals surface area contributed by atoms with E-state index in [1.54, 1.807) is 19.2 Å². The lowest BCUT2D eigenvalue weighted by Crippen LogP contribution is -2.35. The summed E-state index contributed by atoms with van der Waals surface area (Å²) >= 11 is 0. The Morgan fingerprint density at radius 1 is 1.14 bits per heavy atom. The Kier molecular flexibility index (Phi) is 5.49. The van der Waals surface area contributed by atoms with Crippen molar-refractivity contribution < 1.29 is 9.84 Å². The zero-order valence-corrected chi connectivity index (χ0v) is 20.0. The van der Waals surface area contributed by atoms with Gasteiger partial charge in [-0.1, -0.05) is 12.1 Å². The van der Waals surface area contributed by atoms with Gasteiger partial charge in [0, 0.05) is 46.9 Å². The molecule has 0 radical (unpaired) electrons. The van der Waals surface area contributed by atoms with Crippen molar-refractivity contribution in [1.82, 2.24) is 30.5 Å². The number of aromatic nitrogens is 5. The van der Waals surface area contributed by atoms with Gasteiger partial charge in [-0.05, 0) is 57.0 Å². The first-order chi connectivity index (χ1) is 17.1. The maximum Gasteiger partial charge on any atom is 0.229 e. The highest BCUT2D eigenvalue weighted by atomic mass is 16.5. The molecule has 3 N–H and O–H groups in total. The van der Waals surface area contributed by atoms with Gasteiger partial charge in [-0.3, -0.25) is 0 Å². The number of aromatic hydroxyl groups is 1. The number of hydrogen-bond donors (Lipinski definition) is 3. The van der Waals surface area contributed by atoms with Crippen LogP contribution in [-0.2, 0) is 6.42 Å². The fourth-order valence-electron chi connectivity index (χ4n) is 5.49. The molecule has 0 saturated carbocycles. The summed E-state index contributed by atoms with van der Waals surface area (Å²) in [4.78, 5) is 15.3. The van der Waals surface area contributed by atoms with Crippen LogP contribution in [0.4, 0.5) is 5.95 Å². The van der Waals surface area contributed by atoms with Gasteiger partial charge in [-0.2, -0.15) is 4.98 Å². The molecular formula is C26H29N7O2. The molecule has 4 aromatic rings. The molecule has 35 heavy (non-hydrogen) atoms. The largest absolute Gasteiger partial charge is 0.507 e. The van der Waals surface area contributed by atoms with Crippen LogP contribution in [-0.4, -0.2) is 57.0 Å². The highest BCUT2D eigenvalue weighted by molar-refractivity contribution is 5.86. The van der Waals surface area contributed by atoms with Crippen molar-refractivity contribution in [2.45, 2.75) is 38.1 Å². The van der Waals surface area contributed by atoms with Gasteiger partial charge in [0.05, 0.1) is 18.8 Å². The molecule has 6 rings (SSSR count). The van der Waals surface area contributed by atoms with Crippen LogP contribution in [0.1, 0.15) is 48.5 Å². The molecule has 5 heterocycles.